The average molecular weight is 465 g/mol. The van der Waals surface area contributed by atoms with Crippen LogP contribution in [-0.4, -0.2) is 61.2 Å². The van der Waals surface area contributed by atoms with Gasteiger partial charge in [-0.15, -0.1) is 0 Å². The van der Waals surface area contributed by atoms with Crippen molar-refractivity contribution in [1.29, 1.82) is 0 Å². The fraction of sp³-hybridized carbons (Fsp3) is 0.440. The van der Waals surface area contributed by atoms with Gasteiger partial charge in [0.2, 0.25) is 0 Å². The molecule has 3 heterocycles. The summed E-state index contributed by atoms with van der Waals surface area (Å²) in [6.07, 6.45) is 4.54. The van der Waals surface area contributed by atoms with Gasteiger partial charge in [0, 0.05) is 56.2 Å². The molecule has 1 aliphatic rings. The first-order valence-electron chi connectivity index (χ1n) is 11.7. The highest BCUT2D eigenvalue weighted by Gasteiger charge is 2.23. The zero-order chi connectivity index (χ0) is 23.4. The Kier molecular flexibility index (Phi) is 7.35. The Balaban J connectivity index is 1.42. The molecule has 0 unspecified atom stereocenters. The number of piperazine rings is 1. The van der Waals surface area contributed by atoms with Crippen molar-refractivity contribution in [2.45, 2.75) is 46.3 Å². The van der Waals surface area contributed by atoms with Gasteiger partial charge in [-0.25, -0.2) is 4.68 Å². The Morgan fingerprint density at radius 1 is 1.03 bits per heavy atom. The lowest BCUT2D eigenvalue weighted by Crippen LogP contribution is -2.49. The summed E-state index contributed by atoms with van der Waals surface area (Å²) in [5, 5.41) is 4.84. The SMILES string of the molecule is CCCn1c(-c2ccncc2)nn(CN2CCN(C(=O)c3ccc(C(C)C)cc3)CC2)c1=S. The van der Waals surface area contributed by atoms with Crippen molar-refractivity contribution >= 4 is 18.1 Å². The van der Waals surface area contributed by atoms with Gasteiger partial charge in [-0.2, -0.15) is 5.10 Å². The van der Waals surface area contributed by atoms with Gasteiger partial charge in [-0.3, -0.25) is 19.2 Å². The van der Waals surface area contributed by atoms with E-state index in [4.69, 9.17) is 17.3 Å². The first-order chi connectivity index (χ1) is 16.0. The second-order valence-corrected chi connectivity index (χ2v) is 9.19. The van der Waals surface area contributed by atoms with Gasteiger partial charge < -0.3 is 4.90 Å². The first kappa shape index (κ1) is 23.3. The van der Waals surface area contributed by atoms with Gasteiger partial charge in [0.25, 0.3) is 5.91 Å². The molecular formula is C25H32N6OS. The van der Waals surface area contributed by atoms with E-state index >= 15 is 0 Å². The highest BCUT2D eigenvalue weighted by Crippen LogP contribution is 2.19. The van der Waals surface area contributed by atoms with Crippen LogP contribution in [0.25, 0.3) is 11.4 Å². The second-order valence-electron chi connectivity index (χ2n) is 8.82. The molecule has 1 aliphatic heterocycles. The lowest BCUT2D eigenvalue weighted by molar-refractivity contribution is 0.0585. The molecule has 1 fully saturated rings. The molecule has 0 atom stereocenters. The quantitative estimate of drug-likeness (QED) is 0.484. The molecular weight excluding hydrogens is 432 g/mol. The number of aromatic nitrogens is 4. The Labute approximate surface area is 200 Å². The van der Waals surface area contributed by atoms with Gasteiger partial charge in [0.15, 0.2) is 10.6 Å². The summed E-state index contributed by atoms with van der Waals surface area (Å²) < 4.78 is 4.74. The first-order valence-corrected chi connectivity index (χ1v) is 12.1. The maximum Gasteiger partial charge on any atom is 0.253 e. The van der Waals surface area contributed by atoms with E-state index in [1.54, 1.807) is 12.4 Å². The van der Waals surface area contributed by atoms with E-state index in [9.17, 15) is 4.79 Å². The number of hydrogen-bond acceptors (Lipinski definition) is 5. The van der Waals surface area contributed by atoms with Gasteiger partial charge in [-0.1, -0.05) is 32.9 Å². The van der Waals surface area contributed by atoms with E-state index < -0.39 is 0 Å². The van der Waals surface area contributed by atoms with E-state index in [0.29, 0.717) is 25.7 Å². The molecule has 0 aliphatic carbocycles. The normalized spacial score (nSPS) is 14.7. The maximum absolute atomic E-state index is 12.9. The molecule has 0 bridgehead atoms. The molecule has 33 heavy (non-hydrogen) atoms. The molecule has 3 aromatic rings. The molecule has 1 aromatic carbocycles. The predicted molar refractivity (Wildman–Crippen MR) is 133 cm³/mol. The number of pyridine rings is 1. The van der Waals surface area contributed by atoms with Crippen molar-refractivity contribution in [1.82, 2.24) is 29.1 Å². The third-order valence-electron chi connectivity index (χ3n) is 6.13. The minimum atomic E-state index is 0.105. The van der Waals surface area contributed by atoms with Crippen molar-refractivity contribution in [2.75, 3.05) is 26.2 Å². The van der Waals surface area contributed by atoms with Crippen LogP contribution in [0.5, 0.6) is 0 Å². The van der Waals surface area contributed by atoms with E-state index in [1.807, 2.05) is 33.8 Å². The van der Waals surface area contributed by atoms with Crippen LogP contribution in [0.4, 0.5) is 0 Å². The lowest BCUT2D eigenvalue weighted by Gasteiger charge is -2.34. The maximum atomic E-state index is 12.9. The lowest BCUT2D eigenvalue weighted by atomic mass is 10.0. The smallest absolute Gasteiger partial charge is 0.253 e. The molecule has 0 saturated carbocycles. The topological polar surface area (TPSA) is 59.2 Å². The molecule has 0 spiro atoms. The van der Waals surface area contributed by atoms with Crippen LogP contribution >= 0.6 is 12.2 Å². The zero-order valence-electron chi connectivity index (χ0n) is 19.6. The molecule has 174 valence electrons. The molecule has 0 radical (unpaired) electrons. The largest absolute Gasteiger partial charge is 0.336 e. The molecule has 1 amide bonds. The van der Waals surface area contributed by atoms with Crippen LogP contribution in [0.15, 0.2) is 48.8 Å². The fourth-order valence-corrected chi connectivity index (χ4v) is 4.42. The van der Waals surface area contributed by atoms with E-state index in [2.05, 4.69) is 47.4 Å². The summed E-state index contributed by atoms with van der Waals surface area (Å²) in [5.74, 6) is 1.45. The third-order valence-corrected chi connectivity index (χ3v) is 6.56. The number of rotatable bonds is 7. The van der Waals surface area contributed by atoms with Crippen molar-refractivity contribution in [3.8, 4) is 11.4 Å². The number of nitrogens with zero attached hydrogens (tertiary/aromatic N) is 6. The standard InChI is InChI=1S/C25H32N6OS/c1-4-13-30-23(21-9-11-26-12-10-21)27-31(25(30)33)18-28-14-16-29(17-15-28)24(32)22-7-5-20(6-8-22)19(2)3/h5-12,19H,4,13-18H2,1-3H3. The minimum absolute atomic E-state index is 0.105. The van der Waals surface area contributed by atoms with E-state index in [0.717, 1.165) is 47.8 Å². The van der Waals surface area contributed by atoms with Crippen molar-refractivity contribution < 1.29 is 4.79 Å². The highest BCUT2D eigenvalue weighted by molar-refractivity contribution is 7.71. The van der Waals surface area contributed by atoms with Gasteiger partial charge >= 0.3 is 0 Å². The van der Waals surface area contributed by atoms with Gasteiger partial charge in [-0.05, 0) is 54.4 Å². The Morgan fingerprint density at radius 2 is 1.70 bits per heavy atom. The van der Waals surface area contributed by atoms with Crippen LogP contribution in [0.3, 0.4) is 0 Å². The zero-order valence-corrected chi connectivity index (χ0v) is 20.5. The summed E-state index contributed by atoms with van der Waals surface area (Å²) in [4.78, 5) is 21.3. The van der Waals surface area contributed by atoms with Crippen LogP contribution in [-0.2, 0) is 13.2 Å². The van der Waals surface area contributed by atoms with Crippen LogP contribution in [0.2, 0.25) is 0 Å². The number of benzene rings is 1. The summed E-state index contributed by atoms with van der Waals surface area (Å²) in [5.41, 5.74) is 3.03. The number of amides is 1. The van der Waals surface area contributed by atoms with Gasteiger partial charge in [0.1, 0.15) is 0 Å². The molecule has 7 nitrogen and oxygen atoms in total. The van der Waals surface area contributed by atoms with Crippen LogP contribution in [0.1, 0.15) is 49.0 Å². The molecule has 2 aromatic heterocycles. The Hall–Kier alpha value is -2.84. The van der Waals surface area contributed by atoms with E-state index in [1.165, 1.54) is 5.56 Å². The minimum Gasteiger partial charge on any atom is -0.336 e. The third kappa shape index (κ3) is 5.23. The second kappa shape index (κ2) is 10.4. The Morgan fingerprint density at radius 3 is 2.30 bits per heavy atom. The van der Waals surface area contributed by atoms with Crippen molar-refractivity contribution in [3.05, 3.63) is 64.7 Å². The van der Waals surface area contributed by atoms with Crippen molar-refractivity contribution in [2.24, 2.45) is 0 Å². The van der Waals surface area contributed by atoms with Crippen LogP contribution < -0.4 is 0 Å². The van der Waals surface area contributed by atoms with Crippen molar-refractivity contribution in [3.63, 3.8) is 0 Å². The molecule has 0 N–H and O–H groups in total. The number of hydrogen-bond donors (Lipinski definition) is 0. The summed E-state index contributed by atoms with van der Waals surface area (Å²) in [6.45, 7) is 10.9. The fourth-order valence-electron chi connectivity index (χ4n) is 4.15. The number of carbonyl (C=O) groups is 1. The predicted octanol–water partition coefficient (Wildman–Crippen LogP) is 4.42. The molecule has 4 rings (SSSR count). The van der Waals surface area contributed by atoms with Gasteiger partial charge in [0.05, 0.1) is 6.67 Å². The molecule has 8 heteroatoms. The highest BCUT2D eigenvalue weighted by atomic mass is 32.1. The van der Waals surface area contributed by atoms with Crippen LogP contribution in [0, 0.1) is 4.77 Å². The number of carbonyl (C=O) groups excluding carboxylic acids is 1. The summed E-state index contributed by atoms with van der Waals surface area (Å²) >= 11 is 5.76. The summed E-state index contributed by atoms with van der Waals surface area (Å²) in [6, 6.07) is 11.9. The monoisotopic (exact) mass is 464 g/mol. The van der Waals surface area contributed by atoms with E-state index in [-0.39, 0.29) is 5.91 Å². The summed E-state index contributed by atoms with van der Waals surface area (Å²) in [7, 11) is 0. The Bertz CT molecular complexity index is 1130. The molecule has 1 saturated heterocycles. The average Bonchev–Trinajstić information content (AvgIpc) is 3.15.